The number of nitrogens with one attached hydrogen (secondary N) is 2. The molecule has 3 rings (SSSR count). The van der Waals surface area contributed by atoms with Gasteiger partial charge in [0.2, 0.25) is 0 Å². The summed E-state index contributed by atoms with van der Waals surface area (Å²) in [6, 6.07) is 11.7. The Bertz CT molecular complexity index is 882. The monoisotopic (exact) mass is 358 g/mol. The zero-order valence-corrected chi connectivity index (χ0v) is 13.6. The quantitative estimate of drug-likeness (QED) is 0.719. The molecule has 1 unspecified atom stereocenters. The maximum atomic E-state index is 13.2. The number of benzene rings is 2. The topological polar surface area (TPSA) is 78.4 Å². The summed E-state index contributed by atoms with van der Waals surface area (Å²) in [6.07, 6.45) is 1.03. The Labute approximate surface area is 148 Å². The first kappa shape index (κ1) is 17.6. The van der Waals surface area contributed by atoms with Crippen molar-refractivity contribution in [2.45, 2.75) is 18.9 Å². The van der Waals surface area contributed by atoms with Crippen molar-refractivity contribution in [3.05, 3.63) is 77.1 Å². The zero-order chi connectivity index (χ0) is 18.7. The number of carbonyl (C=O) groups is 2. The van der Waals surface area contributed by atoms with Gasteiger partial charge < -0.3 is 15.7 Å². The van der Waals surface area contributed by atoms with Gasteiger partial charge in [0.25, 0.3) is 11.8 Å². The van der Waals surface area contributed by atoms with E-state index in [2.05, 4.69) is 10.6 Å². The molecule has 1 heterocycles. The summed E-state index contributed by atoms with van der Waals surface area (Å²) < 4.78 is 26.2. The molecule has 2 aromatic carbocycles. The van der Waals surface area contributed by atoms with Crippen LogP contribution in [0.25, 0.3) is 0 Å². The first-order valence-corrected chi connectivity index (χ1v) is 8.00. The first-order chi connectivity index (χ1) is 12.5. The summed E-state index contributed by atoms with van der Waals surface area (Å²) in [4.78, 5) is 24.3. The van der Waals surface area contributed by atoms with Gasteiger partial charge in [-0.2, -0.15) is 0 Å². The highest BCUT2D eigenvalue weighted by atomic mass is 19.2. The van der Waals surface area contributed by atoms with Crippen LogP contribution in [-0.4, -0.2) is 23.0 Å². The van der Waals surface area contributed by atoms with Crippen molar-refractivity contribution in [2.24, 2.45) is 0 Å². The molecule has 0 saturated heterocycles. The maximum Gasteiger partial charge on any atom is 0.264 e. The second kappa shape index (κ2) is 7.35. The lowest BCUT2D eigenvalue weighted by Gasteiger charge is -2.10. The third-order valence-electron chi connectivity index (χ3n) is 4.09. The number of carbonyl (C=O) groups excluding carboxylic acids is 2. The van der Waals surface area contributed by atoms with Gasteiger partial charge in [-0.25, -0.2) is 8.78 Å². The standard InChI is InChI=1S/C19H16F2N2O3/c20-13-8-7-12(10-14(13)21)22-18(25)16-17(24)15(23-19(16)26)9-6-11-4-2-1-3-5-11/h1-5,7-8,10,15,24H,6,9H2,(H,22,25)(H,23,26). The largest absolute Gasteiger partial charge is 0.509 e. The second-order valence-electron chi connectivity index (χ2n) is 5.89. The molecule has 1 atom stereocenters. The lowest BCUT2D eigenvalue weighted by atomic mass is 10.0. The fourth-order valence-corrected chi connectivity index (χ4v) is 2.74. The molecule has 7 heteroatoms. The fraction of sp³-hybridized carbons (Fsp3) is 0.158. The van der Waals surface area contributed by atoms with Crippen LogP contribution in [-0.2, 0) is 16.0 Å². The van der Waals surface area contributed by atoms with Gasteiger partial charge >= 0.3 is 0 Å². The number of aryl methyl sites for hydroxylation is 1. The van der Waals surface area contributed by atoms with E-state index in [0.717, 1.165) is 23.8 Å². The van der Waals surface area contributed by atoms with Crippen molar-refractivity contribution in [3.8, 4) is 0 Å². The van der Waals surface area contributed by atoms with E-state index in [1.165, 1.54) is 0 Å². The van der Waals surface area contributed by atoms with Gasteiger partial charge in [-0.3, -0.25) is 9.59 Å². The second-order valence-corrected chi connectivity index (χ2v) is 5.89. The van der Waals surface area contributed by atoms with Crippen LogP contribution in [0.15, 0.2) is 59.9 Å². The van der Waals surface area contributed by atoms with Crippen LogP contribution in [0, 0.1) is 11.6 Å². The van der Waals surface area contributed by atoms with E-state index < -0.39 is 35.1 Å². The van der Waals surface area contributed by atoms with Gasteiger partial charge in [0.15, 0.2) is 11.6 Å². The van der Waals surface area contributed by atoms with Gasteiger partial charge in [-0.05, 0) is 30.5 Å². The number of anilines is 1. The molecule has 1 aliphatic heterocycles. The molecular formula is C19H16F2N2O3. The Kier molecular flexibility index (Phi) is 4.97. The molecule has 5 nitrogen and oxygen atoms in total. The molecule has 0 fully saturated rings. The zero-order valence-electron chi connectivity index (χ0n) is 13.6. The van der Waals surface area contributed by atoms with Crippen LogP contribution >= 0.6 is 0 Å². The van der Waals surface area contributed by atoms with Crippen molar-refractivity contribution in [1.29, 1.82) is 0 Å². The Morgan fingerprint density at radius 1 is 1.12 bits per heavy atom. The predicted molar refractivity (Wildman–Crippen MR) is 91.3 cm³/mol. The normalized spacial score (nSPS) is 16.5. The van der Waals surface area contributed by atoms with Crippen LogP contribution < -0.4 is 10.6 Å². The van der Waals surface area contributed by atoms with Gasteiger partial charge in [-0.1, -0.05) is 30.3 Å². The summed E-state index contributed by atoms with van der Waals surface area (Å²) in [5.41, 5.74) is 0.594. The molecule has 2 aromatic rings. The third kappa shape index (κ3) is 3.72. The minimum atomic E-state index is -1.13. The molecule has 2 amide bonds. The molecule has 0 aromatic heterocycles. The van der Waals surface area contributed by atoms with E-state index in [-0.39, 0.29) is 11.4 Å². The van der Waals surface area contributed by atoms with E-state index in [1.807, 2.05) is 30.3 Å². The Hall–Kier alpha value is -3.22. The third-order valence-corrected chi connectivity index (χ3v) is 4.09. The smallest absolute Gasteiger partial charge is 0.264 e. The fourth-order valence-electron chi connectivity index (χ4n) is 2.74. The molecule has 3 N–H and O–H groups in total. The van der Waals surface area contributed by atoms with E-state index in [1.54, 1.807) is 0 Å². The number of hydrogen-bond donors (Lipinski definition) is 3. The van der Waals surface area contributed by atoms with Crippen LogP contribution in [0.5, 0.6) is 0 Å². The van der Waals surface area contributed by atoms with Gasteiger partial charge in [0.05, 0.1) is 6.04 Å². The molecule has 0 saturated carbocycles. The minimum Gasteiger partial charge on any atom is -0.509 e. The summed E-state index contributed by atoms with van der Waals surface area (Å²) in [5.74, 6) is -4.12. The molecule has 0 radical (unpaired) electrons. The molecule has 26 heavy (non-hydrogen) atoms. The van der Waals surface area contributed by atoms with Crippen molar-refractivity contribution >= 4 is 17.5 Å². The first-order valence-electron chi connectivity index (χ1n) is 8.00. The molecular weight excluding hydrogens is 342 g/mol. The van der Waals surface area contributed by atoms with E-state index in [0.29, 0.717) is 12.8 Å². The van der Waals surface area contributed by atoms with Crippen molar-refractivity contribution < 1.29 is 23.5 Å². The van der Waals surface area contributed by atoms with Crippen LogP contribution in [0.4, 0.5) is 14.5 Å². The number of rotatable bonds is 5. The summed E-state index contributed by atoms with van der Waals surface area (Å²) in [6.45, 7) is 0. The average molecular weight is 358 g/mol. The maximum absolute atomic E-state index is 13.2. The lowest BCUT2D eigenvalue weighted by molar-refractivity contribution is -0.120. The molecule has 0 spiro atoms. The number of aliphatic hydroxyl groups is 1. The molecule has 134 valence electrons. The predicted octanol–water partition coefficient (Wildman–Crippen LogP) is 2.85. The van der Waals surface area contributed by atoms with Crippen molar-refractivity contribution in [3.63, 3.8) is 0 Å². The lowest BCUT2D eigenvalue weighted by Crippen LogP contribution is -2.30. The summed E-state index contributed by atoms with van der Waals surface area (Å²) >= 11 is 0. The van der Waals surface area contributed by atoms with Crippen LogP contribution in [0.2, 0.25) is 0 Å². The number of aliphatic hydroxyl groups excluding tert-OH is 1. The molecule has 0 bridgehead atoms. The Balaban J connectivity index is 1.70. The summed E-state index contributed by atoms with van der Waals surface area (Å²) in [7, 11) is 0. The minimum absolute atomic E-state index is 0.0188. The highest BCUT2D eigenvalue weighted by Gasteiger charge is 2.35. The highest BCUT2D eigenvalue weighted by Crippen LogP contribution is 2.21. The highest BCUT2D eigenvalue weighted by molar-refractivity contribution is 6.24. The van der Waals surface area contributed by atoms with E-state index in [9.17, 15) is 23.5 Å². The van der Waals surface area contributed by atoms with Crippen molar-refractivity contribution in [2.75, 3.05) is 5.32 Å². The van der Waals surface area contributed by atoms with Gasteiger partial charge in [0.1, 0.15) is 11.3 Å². The van der Waals surface area contributed by atoms with Gasteiger partial charge in [-0.15, -0.1) is 0 Å². The number of amides is 2. The van der Waals surface area contributed by atoms with Gasteiger partial charge in [0, 0.05) is 11.8 Å². The van der Waals surface area contributed by atoms with E-state index >= 15 is 0 Å². The molecule has 0 aliphatic carbocycles. The molecule has 1 aliphatic rings. The number of halogens is 2. The number of hydrogen-bond acceptors (Lipinski definition) is 3. The van der Waals surface area contributed by atoms with Crippen molar-refractivity contribution in [1.82, 2.24) is 5.32 Å². The van der Waals surface area contributed by atoms with Crippen LogP contribution in [0.3, 0.4) is 0 Å². The van der Waals surface area contributed by atoms with E-state index in [4.69, 9.17) is 0 Å². The Morgan fingerprint density at radius 3 is 2.54 bits per heavy atom. The Morgan fingerprint density at radius 2 is 1.85 bits per heavy atom. The summed E-state index contributed by atoms with van der Waals surface area (Å²) in [5, 5.41) is 15.1. The average Bonchev–Trinajstić information content (AvgIpc) is 2.91. The van der Waals surface area contributed by atoms with Crippen LogP contribution in [0.1, 0.15) is 12.0 Å². The SMILES string of the molecule is O=C(Nc1ccc(F)c(F)c1)C1=C(O)C(CCc2ccccc2)NC1=O.